The topological polar surface area (TPSA) is 104 Å². The number of aromatic nitrogens is 5. The molecule has 5 rings (SSSR count). The molecule has 0 unspecified atom stereocenters. The number of carbonyl (C=O) groups excluding carboxylic acids is 1. The molecule has 10 heteroatoms. The zero-order chi connectivity index (χ0) is 21.9. The molecule has 0 saturated carbocycles. The van der Waals surface area contributed by atoms with E-state index >= 15 is 0 Å². The fourth-order valence-corrected chi connectivity index (χ4v) is 3.93. The Kier molecular flexibility index (Phi) is 5.34. The van der Waals surface area contributed by atoms with E-state index in [1.807, 2.05) is 36.4 Å². The molecule has 1 amide bonds. The predicted molar refractivity (Wildman–Crippen MR) is 120 cm³/mol. The van der Waals surface area contributed by atoms with E-state index in [-0.39, 0.29) is 12.5 Å². The number of carbonyl (C=O) groups is 1. The van der Waals surface area contributed by atoms with Crippen LogP contribution in [0, 0.1) is 0 Å². The Hall–Kier alpha value is -4.05. The standard InChI is InChI=1S/C22H18N6O3S/c1-30-16-4-2-3-14(11-16)21-26-25-19-7-8-20(27-28(19)21)31-10-9-23-22(29)15-5-6-17-18(12-15)32-13-24-17/h2-8,11-13H,9-10H2,1H3,(H,23,29). The number of hydrogen-bond donors (Lipinski definition) is 1. The van der Waals surface area contributed by atoms with Crippen LogP contribution in [0.3, 0.4) is 0 Å². The minimum atomic E-state index is -0.161. The Balaban J connectivity index is 1.24. The average molecular weight is 446 g/mol. The van der Waals surface area contributed by atoms with Crippen molar-refractivity contribution in [3.8, 4) is 23.0 Å². The number of fused-ring (bicyclic) bond motifs is 2. The zero-order valence-corrected chi connectivity index (χ0v) is 17.9. The van der Waals surface area contributed by atoms with E-state index in [1.54, 1.807) is 35.3 Å². The van der Waals surface area contributed by atoms with Crippen LogP contribution in [0.15, 0.2) is 60.1 Å². The highest BCUT2D eigenvalue weighted by Crippen LogP contribution is 2.23. The predicted octanol–water partition coefficient (Wildman–Crippen LogP) is 3.22. The van der Waals surface area contributed by atoms with Crippen molar-refractivity contribution in [1.82, 2.24) is 30.1 Å². The minimum absolute atomic E-state index is 0.161. The summed E-state index contributed by atoms with van der Waals surface area (Å²) in [5.41, 5.74) is 4.67. The number of amides is 1. The lowest BCUT2D eigenvalue weighted by atomic mass is 10.2. The number of benzene rings is 2. The van der Waals surface area contributed by atoms with Gasteiger partial charge in [-0.1, -0.05) is 12.1 Å². The van der Waals surface area contributed by atoms with Crippen LogP contribution < -0.4 is 14.8 Å². The smallest absolute Gasteiger partial charge is 0.251 e. The van der Waals surface area contributed by atoms with Gasteiger partial charge in [0.25, 0.3) is 5.91 Å². The van der Waals surface area contributed by atoms with Crippen LogP contribution in [0.4, 0.5) is 0 Å². The van der Waals surface area contributed by atoms with Crippen molar-refractivity contribution in [2.24, 2.45) is 0 Å². The van der Waals surface area contributed by atoms with Gasteiger partial charge in [-0.05, 0) is 36.4 Å². The molecule has 9 nitrogen and oxygen atoms in total. The Bertz CT molecular complexity index is 1410. The van der Waals surface area contributed by atoms with Gasteiger partial charge in [0.2, 0.25) is 5.88 Å². The molecule has 5 aromatic rings. The molecule has 0 saturated heterocycles. The fraction of sp³-hybridized carbons (Fsp3) is 0.136. The lowest BCUT2D eigenvalue weighted by Gasteiger charge is -2.08. The van der Waals surface area contributed by atoms with E-state index in [2.05, 4.69) is 25.6 Å². The highest BCUT2D eigenvalue weighted by atomic mass is 32.1. The molecule has 32 heavy (non-hydrogen) atoms. The van der Waals surface area contributed by atoms with Crippen LogP contribution in [0.2, 0.25) is 0 Å². The summed E-state index contributed by atoms with van der Waals surface area (Å²) in [5, 5.41) is 15.7. The van der Waals surface area contributed by atoms with Crippen molar-refractivity contribution in [3.05, 3.63) is 65.7 Å². The van der Waals surface area contributed by atoms with E-state index in [0.717, 1.165) is 21.5 Å². The van der Waals surface area contributed by atoms with Gasteiger partial charge in [0.15, 0.2) is 11.5 Å². The SMILES string of the molecule is COc1cccc(-c2nnc3ccc(OCCNC(=O)c4ccc5ncsc5c4)nn23)c1. The highest BCUT2D eigenvalue weighted by Gasteiger charge is 2.12. The second-order valence-corrected chi connectivity index (χ2v) is 7.72. The molecule has 0 aliphatic rings. The Labute approximate surface area is 186 Å². The summed E-state index contributed by atoms with van der Waals surface area (Å²) in [6, 6.07) is 16.5. The number of thiazole rings is 1. The molecule has 0 fully saturated rings. The first kappa shape index (κ1) is 19.9. The normalized spacial score (nSPS) is 11.0. The van der Waals surface area contributed by atoms with E-state index in [1.165, 1.54) is 11.3 Å². The summed E-state index contributed by atoms with van der Waals surface area (Å²) < 4.78 is 13.6. The van der Waals surface area contributed by atoms with Crippen LogP contribution in [0.1, 0.15) is 10.4 Å². The molecule has 0 spiro atoms. The zero-order valence-electron chi connectivity index (χ0n) is 17.1. The summed E-state index contributed by atoms with van der Waals surface area (Å²) in [5.74, 6) is 1.54. The largest absolute Gasteiger partial charge is 0.497 e. The van der Waals surface area contributed by atoms with Crippen LogP contribution in [0.5, 0.6) is 11.6 Å². The van der Waals surface area contributed by atoms with Gasteiger partial charge < -0.3 is 14.8 Å². The third-order valence-corrected chi connectivity index (χ3v) is 5.59. The monoisotopic (exact) mass is 446 g/mol. The van der Waals surface area contributed by atoms with Gasteiger partial charge in [0, 0.05) is 17.2 Å². The summed E-state index contributed by atoms with van der Waals surface area (Å²) in [7, 11) is 1.61. The van der Waals surface area contributed by atoms with Gasteiger partial charge in [0.05, 0.1) is 29.4 Å². The lowest BCUT2D eigenvalue weighted by molar-refractivity contribution is 0.0946. The minimum Gasteiger partial charge on any atom is -0.497 e. The first-order chi connectivity index (χ1) is 15.7. The van der Waals surface area contributed by atoms with Crippen molar-refractivity contribution in [2.75, 3.05) is 20.3 Å². The number of nitrogens with one attached hydrogen (secondary N) is 1. The summed E-state index contributed by atoms with van der Waals surface area (Å²) in [6.07, 6.45) is 0. The average Bonchev–Trinajstić information content (AvgIpc) is 3.48. The first-order valence-corrected chi connectivity index (χ1v) is 10.7. The molecule has 3 aromatic heterocycles. The summed E-state index contributed by atoms with van der Waals surface area (Å²) in [4.78, 5) is 16.6. The van der Waals surface area contributed by atoms with Crippen LogP contribution in [0.25, 0.3) is 27.3 Å². The summed E-state index contributed by atoms with van der Waals surface area (Å²) in [6.45, 7) is 0.605. The van der Waals surface area contributed by atoms with Gasteiger partial charge in [-0.2, -0.15) is 4.52 Å². The number of nitrogens with zero attached hydrogens (tertiary/aromatic N) is 5. The van der Waals surface area contributed by atoms with Crippen LogP contribution in [-0.2, 0) is 0 Å². The van der Waals surface area contributed by atoms with Crippen LogP contribution >= 0.6 is 11.3 Å². The lowest BCUT2D eigenvalue weighted by Crippen LogP contribution is -2.28. The number of rotatable bonds is 7. The summed E-state index contributed by atoms with van der Waals surface area (Å²) >= 11 is 1.50. The third kappa shape index (κ3) is 3.95. The quantitative estimate of drug-likeness (QED) is 0.383. The molecule has 2 aromatic carbocycles. The Morgan fingerprint density at radius 3 is 2.97 bits per heavy atom. The number of methoxy groups -OCH3 is 1. The van der Waals surface area contributed by atoms with E-state index < -0.39 is 0 Å². The molecule has 0 aliphatic heterocycles. The van der Waals surface area contributed by atoms with Crippen molar-refractivity contribution in [2.45, 2.75) is 0 Å². The van der Waals surface area contributed by atoms with Crippen molar-refractivity contribution < 1.29 is 14.3 Å². The molecule has 0 atom stereocenters. The highest BCUT2D eigenvalue weighted by molar-refractivity contribution is 7.16. The number of hydrogen-bond acceptors (Lipinski definition) is 8. The molecular formula is C22H18N6O3S. The van der Waals surface area contributed by atoms with Crippen LogP contribution in [-0.4, -0.2) is 51.0 Å². The van der Waals surface area contributed by atoms with Gasteiger partial charge in [-0.15, -0.1) is 26.6 Å². The van der Waals surface area contributed by atoms with Gasteiger partial charge in [-0.3, -0.25) is 4.79 Å². The maximum absolute atomic E-state index is 12.4. The molecule has 0 bridgehead atoms. The third-order valence-electron chi connectivity index (χ3n) is 4.80. The maximum Gasteiger partial charge on any atom is 0.251 e. The Morgan fingerprint density at radius 1 is 1.12 bits per heavy atom. The van der Waals surface area contributed by atoms with E-state index in [0.29, 0.717) is 29.5 Å². The van der Waals surface area contributed by atoms with E-state index in [9.17, 15) is 4.79 Å². The first-order valence-electron chi connectivity index (χ1n) is 9.82. The van der Waals surface area contributed by atoms with E-state index in [4.69, 9.17) is 9.47 Å². The molecule has 3 heterocycles. The molecule has 0 radical (unpaired) electrons. The maximum atomic E-state index is 12.4. The number of ether oxygens (including phenoxy) is 2. The van der Waals surface area contributed by atoms with Crippen molar-refractivity contribution in [1.29, 1.82) is 0 Å². The van der Waals surface area contributed by atoms with Gasteiger partial charge in [-0.25, -0.2) is 4.98 Å². The second kappa shape index (κ2) is 8.60. The molecule has 0 aliphatic carbocycles. The van der Waals surface area contributed by atoms with Gasteiger partial charge >= 0.3 is 0 Å². The van der Waals surface area contributed by atoms with Crippen molar-refractivity contribution in [3.63, 3.8) is 0 Å². The molecule has 160 valence electrons. The van der Waals surface area contributed by atoms with Gasteiger partial charge in [0.1, 0.15) is 12.4 Å². The fourth-order valence-electron chi connectivity index (χ4n) is 3.21. The molecular weight excluding hydrogens is 428 g/mol. The van der Waals surface area contributed by atoms with Crippen molar-refractivity contribution >= 4 is 33.1 Å². The second-order valence-electron chi connectivity index (χ2n) is 6.84. The molecule has 1 N–H and O–H groups in total. The Morgan fingerprint density at radius 2 is 2.06 bits per heavy atom.